The molecule has 1 aliphatic heterocycles. The predicted octanol–water partition coefficient (Wildman–Crippen LogP) is 0.560. The van der Waals surface area contributed by atoms with Crippen LogP contribution in [0.3, 0.4) is 0 Å². The van der Waals surface area contributed by atoms with Crippen LogP contribution in [-0.4, -0.2) is 44.2 Å². The predicted molar refractivity (Wildman–Crippen MR) is 67.6 cm³/mol. The molecule has 2 aliphatic rings. The van der Waals surface area contributed by atoms with E-state index in [-0.39, 0.29) is 17.3 Å². The molecule has 2 fully saturated rings. The lowest BCUT2D eigenvalue weighted by molar-refractivity contribution is 0.0354. The third-order valence-corrected chi connectivity index (χ3v) is 6.01. The lowest BCUT2D eigenvalue weighted by atomic mass is 9.75. The molecule has 2 N–H and O–H groups in total. The average molecular weight is 261 g/mol. The molecule has 4 atom stereocenters. The van der Waals surface area contributed by atoms with Crippen LogP contribution in [0.25, 0.3) is 0 Å². The van der Waals surface area contributed by atoms with Crippen LogP contribution in [0, 0.1) is 11.8 Å². The van der Waals surface area contributed by atoms with Crippen molar-refractivity contribution in [2.75, 3.05) is 19.3 Å². The Hall–Kier alpha value is -0.130. The summed E-state index contributed by atoms with van der Waals surface area (Å²) in [7, 11) is -2.92. The van der Waals surface area contributed by atoms with Crippen molar-refractivity contribution in [1.29, 1.82) is 0 Å². The second-order valence-electron chi connectivity index (χ2n) is 5.60. The number of hydrogen-bond acceptors (Lipinski definition) is 4. The standard InChI is InChI=1S/C12H23NO3S/c1-17(15,16)10-4-2-3-9(7-10)11-8-13-6-5-12(11)14/h9-14H,2-8H2,1H3. The largest absolute Gasteiger partial charge is 0.393 e. The third kappa shape index (κ3) is 3.20. The fraction of sp³-hybridized carbons (Fsp3) is 1.00. The van der Waals surface area contributed by atoms with Crippen LogP contribution in [0.15, 0.2) is 0 Å². The minimum Gasteiger partial charge on any atom is -0.393 e. The molecule has 100 valence electrons. The van der Waals surface area contributed by atoms with E-state index in [1.54, 1.807) is 0 Å². The van der Waals surface area contributed by atoms with Crippen molar-refractivity contribution >= 4 is 9.84 Å². The van der Waals surface area contributed by atoms with Gasteiger partial charge in [-0.25, -0.2) is 8.42 Å². The second-order valence-corrected chi connectivity index (χ2v) is 7.93. The molecule has 1 saturated heterocycles. The van der Waals surface area contributed by atoms with E-state index in [9.17, 15) is 13.5 Å². The minimum absolute atomic E-state index is 0.185. The SMILES string of the molecule is CS(=O)(=O)C1CCCC(C2CNCCC2O)C1. The molecule has 0 aromatic rings. The van der Waals surface area contributed by atoms with Crippen LogP contribution in [0.4, 0.5) is 0 Å². The molecule has 0 bridgehead atoms. The summed E-state index contributed by atoms with van der Waals surface area (Å²) in [5, 5.41) is 13.1. The molecule has 17 heavy (non-hydrogen) atoms. The summed E-state index contributed by atoms with van der Waals surface area (Å²) in [5.41, 5.74) is 0. The molecule has 2 rings (SSSR count). The molecule has 5 heteroatoms. The van der Waals surface area contributed by atoms with E-state index in [0.717, 1.165) is 45.2 Å². The van der Waals surface area contributed by atoms with Gasteiger partial charge in [0.1, 0.15) is 9.84 Å². The van der Waals surface area contributed by atoms with Crippen molar-refractivity contribution in [3.8, 4) is 0 Å². The molecule has 1 aliphatic carbocycles. The maximum Gasteiger partial charge on any atom is 0.150 e. The number of hydrogen-bond donors (Lipinski definition) is 2. The first-order chi connectivity index (χ1) is 7.98. The lowest BCUT2D eigenvalue weighted by Crippen LogP contribution is -2.45. The van der Waals surface area contributed by atoms with Crippen molar-refractivity contribution in [1.82, 2.24) is 5.32 Å². The molecule has 0 radical (unpaired) electrons. The van der Waals surface area contributed by atoms with Gasteiger partial charge in [-0.2, -0.15) is 0 Å². The zero-order valence-electron chi connectivity index (χ0n) is 10.4. The highest BCUT2D eigenvalue weighted by Crippen LogP contribution is 2.35. The fourth-order valence-corrected chi connectivity index (χ4v) is 4.50. The summed E-state index contributed by atoms with van der Waals surface area (Å²) in [4.78, 5) is 0. The van der Waals surface area contributed by atoms with E-state index < -0.39 is 9.84 Å². The first-order valence-electron chi connectivity index (χ1n) is 6.56. The van der Waals surface area contributed by atoms with Crippen molar-refractivity contribution in [2.24, 2.45) is 11.8 Å². The molecular formula is C12H23NO3S. The highest BCUT2D eigenvalue weighted by atomic mass is 32.2. The monoisotopic (exact) mass is 261 g/mol. The van der Waals surface area contributed by atoms with Gasteiger partial charge in [-0.3, -0.25) is 0 Å². The van der Waals surface area contributed by atoms with E-state index in [4.69, 9.17) is 0 Å². The minimum atomic E-state index is -2.92. The zero-order chi connectivity index (χ0) is 12.5. The summed E-state index contributed by atoms with van der Waals surface area (Å²) in [6.07, 6.45) is 5.47. The van der Waals surface area contributed by atoms with Crippen molar-refractivity contribution in [2.45, 2.75) is 43.5 Å². The van der Waals surface area contributed by atoms with Gasteiger partial charge in [-0.15, -0.1) is 0 Å². The summed E-state index contributed by atoms with van der Waals surface area (Å²) in [6, 6.07) is 0. The number of aliphatic hydroxyl groups excluding tert-OH is 1. The van der Waals surface area contributed by atoms with E-state index in [2.05, 4.69) is 5.32 Å². The van der Waals surface area contributed by atoms with Crippen molar-refractivity contribution in [3.63, 3.8) is 0 Å². The van der Waals surface area contributed by atoms with Gasteiger partial charge in [0.25, 0.3) is 0 Å². The molecule has 0 amide bonds. The Morgan fingerprint density at radius 2 is 2.00 bits per heavy atom. The maximum atomic E-state index is 11.6. The van der Waals surface area contributed by atoms with Crippen molar-refractivity contribution < 1.29 is 13.5 Å². The van der Waals surface area contributed by atoms with Crippen LogP contribution < -0.4 is 5.32 Å². The van der Waals surface area contributed by atoms with Gasteiger partial charge in [0.2, 0.25) is 0 Å². The van der Waals surface area contributed by atoms with Gasteiger partial charge in [0.05, 0.1) is 11.4 Å². The molecule has 0 aromatic carbocycles. The van der Waals surface area contributed by atoms with Crippen LogP contribution in [0.2, 0.25) is 0 Å². The second kappa shape index (κ2) is 5.24. The highest BCUT2D eigenvalue weighted by molar-refractivity contribution is 7.91. The Kier molecular flexibility index (Phi) is 4.10. The number of piperidine rings is 1. The van der Waals surface area contributed by atoms with Gasteiger partial charge < -0.3 is 10.4 Å². The molecular weight excluding hydrogens is 238 g/mol. The smallest absolute Gasteiger partial charge is 0.150 e. The molecule has 0 aromatic heterocycles. The number of sulfone groups is 1. The quantitative estimate of drug-likeness (QED) is 0.762. The van der Waals surface area contributed by atoms with Gasteiger partial charge in [-0.05, 0) is 38.1 Å². The molecule has 4 unspecified atom stereocenters. The van der Waals surface area contributed by atoms with E-state index in [1.807, 2.05) is 0 Å². The molecule has 0 spiro atoms. The van der Waals surface area contributed by atoms with Gasteiger partial charge in [0, 0.05) is 18.7 Å². The van der Waals surface area contributed by atoms with E-state index in [0.29, 0.717) is 5.92 Å². The molecule has 4 nitrogen and oxygen atoms in total. The Balaban J connectivity index is 2.01. The molecule has 1 heterocycles. The van der Waals surface area contributed by atoms with Crippen LogP contribution in [0.1, 0.15) is 32.1 Å². The fourth-order valence-electron chi connectivity index (χ4n) is 3.31. The summed E-state index contributed by atoms with van der Waals surface area (Å²) in [5.74, 6) is 0.611. The van der Waals surface area contributed by atoms with Crippen LogP contribution >= 0.6 is 0 Å². The number of aliphatic hydroxyl groups is 1. The Morgan fingerprint density at radius 3 is 2.65 bits per heavy atom. The maximum absolute atomic E-state index is 11.6. The summed E-state index contributed by atoms with van der Waals surface area (Å²) >= 11 is 0. The van der Waals surface area contributed by atoms with Gasteiger partial charge in [-0.1, -0.05) is 6.42 Å². The first kappa shape index (κ1) is 13.3. The van der Waals surface area contributed by atoms with E-state index >= 15 is 0 Å². The average Bonchev–Trinajstić information content (AvgIpc) is 2.29. The van der Waals surface area contributed by atoms with Gasteiger partial charge >= 0.3 is 0 Å². The van der Waals surface area contributed by atoms with E-state index in [1.165, 1.54) is 6.26 Å². The topological polar surface area (TPSA) is 66.4 Å². The van der Waals surface area contributed by atoms with Gasteiger partial charge in [0.15, 0.2) is 0 Å². The summed E-state index contributed by atoms with van der Waals surface area (Å²) < 4.78 is 23.2. The zero-order valence-corrected chi connectivity index (χ0v) is 11.2. The third-order valence-electron chi connectivity index (χ3n) is 4.37. The number of nitrogens with one attached hydrogen (secondary N) is 1. The normalized spacial score (nSPS) is 40.1. The summed E-state index contributed by atoms with van der Waals surface area (Å²) in [6.45, 7) is 1.71. The Bertz CT molecular complexity index is 355. The lowest BCUT2D eigenvalue weighted by Gasteiger charge is -2.38. The Morgan fingerprint density at radius 1 is 1.24 bits per heavy atom. The first-order valence-corrected chi connectivity index (χ1v) is 8.51. The number of rotatable bonds is 2. The molecule has 1 saturated carbocycles. The van der Waals surface area contributed by atoms with Crippen molar-refractivity contribution in [3.05, 3.63) is 0 Å². The van der Waals surface area contributed by atoms with Crippen LogP contribution in [0.5, 0.6) is 0 Å². The van der Waals surface area contributed by atoms with Crippen LogP contribution in [-0.2, 0) is 9.84 Å². The Labute approximate surface area is 104 Å². The highest BCUT2D eigenvalue weighted by Gasteiger charge is 2.36.